The van der Waals surface area contributed by atoms with E-state index >= 15 is 0 Å². The molecule has 0 bridgehead atoms. The number of hydrogen-bond donors (Lipinski definition) is 1. The van der Waals surface area contributed by atoms with Crippen molar-refractivity contribution in [2.45, 2.75) is 4.90 Å². The zero-order chi connectivity index (χ0) is 14.9. The van der Waals surface area contributed by atoms with Crippen molar-refractivity contribution in [1.29, 1.82) is 0 Å². The Labute approximate surface area is 123 Å². The number of benzene rings is 1. The summed E-state index contributed by atoms with van der Waals surface area (Å²) in [5.41, 5.74) is -0.391. The summed E-state index contributed by atoms with van der Waals surface area (Å²) in [5, 5.41) is -0.118. The predicted octanol–water partition coefficient (Wildman–Crippen LogP) is 3.47. The molecule has 0 atom stereocenters. The van der Waals surface area contributed by atoms with E-state index in [9.17, 15) is 17.2 Å². The summed E-state index contributed by atoms with van der Waals surface area (Å²) in [5.74, 6) is -1.86. The van der Waals surface area contributed by atoms with Crippen LogP contribution in [0.5, 0.6) is 0 Å². The van der Waals surface area contributed by atoms with E-state index in [1.54, 1.807) is 0 Å². The van der Waals surface area contributed by atoms with Crippen LogP contribution in [0.2, 0.25) is 10.2 Å². The number of nitrogens with one attached hydrogen (secondary N) is 1. The van der Waals surface area contributed by atoms with Crippen LogP contribution in [0.4, 0.5) is 14.5 Å². The molecule has 0 aliphatic heterocycles. The fraction of sp³-hybridized carbons (Fsp3) is 0. The molecule has 0 saturated heterocycles. The van der Waals surface area contributed by atoms with Gasteiger partial charge in [0, 0.05) is 12.3 Å². The molecule has 106 valence electrons. The maximum absolute atomic E-state index is 13.4. The maximum atomic E-state index is 13.4. The molecule has 20 heavy (non-hydrogen) atoms. The molecule has 0 spiro atoms. The largest absolute Gasteiger partial charge is 0.277 e. The summed E-state index contributed by atoms with van der Waals surface area (Å²) in [6.07, 6.45) is 0.970. The average molecular weight is 339 g/mol. The van der Waals surface area contributed by atoms with Gasteiger partial charge in [-0.05, 0) is 18.2 Å². The maximum Gasteiger partial charge on any atom is 0.263 e. The van der Waals surface area contributed by atoms with Gasteiger partial charge in [0.25, 0.3) is 10.0 Å². The van der Waals surface area contributed by atoms with E-state index in [1.165, 1.54) is 0 Å². The van der Waals surface area contributed by atoms with E-state index in [-0.39, 0.29) is 15.1 Å². The standard InChI is InChI=1S/C11H6Cl2F2N2O2S/c12-8-4-7(5-16-11(8)13)20(18,19)17-10-2-1-6(14)3-9(10)15/h1-5,17H. The first kappa shape index (κ1) is 15.0. The van der Waals surface area contributed by atoms with E-state index in [0.717, 1.165) is 24.4 Å². The van der Waals surface area contributed by atoms with Gasteiger partial charge >= 0.3 is 0 Å². The van der Waals surface area contributed by atoms with Crippen LogP contribution in [-0.4, -0.2) is 13.4 Å². The van der Waals surface area contributed by atoms with Crippen molar-refractivity contribution in [3.05, 3.63) is 52.3 Å². The minimum Gasteiger partial charge on any atom is -0.277 e. The van der Waals surface area contributed by atoms with Crippen LogP contribution in [-0.2, 0) is 10.0 Å². The normalized spacial score (nSPS) is 11.4. The molecule has 1 aromatic heterocycles. The zero-order valence-electron chi connectivity index (χ0n) is 9.57. The molecule has 0 radical (unpaired) electrons. The Kier molecular flexibility index (Phi) is 4.12. The van der Waals surface area contributed by atoms with Gasteiger partial charge < -0.3 is 0 Å². The number of anilines is 1. The first-order valence-corrected chi connectivity index (χ1v) is 7.32. The van der Waals surface area contributed by atoms with E-state index < -0.39 is 27.3 Å². The molecule has 0 aliphatic carbocycles. The fourth-order valence-electron chi connectivity index (χ4n) is 1.33. The van der Waals surface area contributed by atoms with Crippen molar-refractivity contribution in [2.24, 2.45) is 0 Å². The van der Waals surface area contributed by atoms with E-state index in [2.05, 4.69) is 4.98 Å². The number of sulfonamides is 1. The van der Waals surface area contributed by atoms with Crippen molar-refractivity contribution in [1.82, 2.24) is 4.98 Å². The Balaban J connectivity index is 2.38. The van der Waals surface area contributed by atoms with Crippen LogP contribution in [0.3, 0.4) is 0 Å². The summed E-state index contributed by atoms with van der Waals surface area (Å²) in [7, 11) is -4.11. The molecular formula is C11H6Cl2F2N2O2S. The van der Waals surface area contributed by atoms with Gasteiger partial charge in [0.2, 0.25) is 0 Å². The van der Waals surface area contributed by atoms with E-state index in [4.69, 9.17) is 23.2 Å². The summed E-state index contributed by atoms with van der Waals surface area (Å²) >= 11 is 11.2. The van der Waals surface area contributed by atoms with Gasteiger partial charge in [0.15, 0.2) is 0 Å². The molecule has 4 nitrogen and oxygen atoms in total. The minimum absolute atomic E-state index is 0.0569. The number of rotatable bonds is 3. The van der Waals surface area contributed by atoms with Gasteiger partial charge in [-0.3, -0.25) is 4.72 Å². The Bertz CT molecular complexity index is 769. The molecular weight excluding hydrogens is 333 g/mol. The minimum atomic E-state index is -4.11. The van der Waals surface area contributed by atoms with Crippen LogP contribution >= 0.6 is 23.2 Å². The van der Waals surface area contributed by atoms with Gasteiger partial charge in [-0.25, -0.2) is 22.2 Å². The summed E-state index contributed by atoms with van der Waals surface area (Å²) in [6, 6.07) is 3.52. The molecule has 2 rings (SSSR count). The van der Waals surface area contributed by atoms with Crippen LogP contribution in [0.25, 0.3) is 0 Å². The Morgan fingerprint density at radius 1 is 1.15 bits per heavy atom. The Hall–Kier alpha value is -1.44. The van der Waals surface area contributed by atoms with Gasteiger partial charge in [0.05, 0.1) is 10.7 Å². The average Bonchev–Trinajstić information content (AvgIpc) is 2.36. The molecule has 0 amide bonds. The number of nitrogens with zero attached hydrogens (tertiary/aromatic N) is 1. The second-order valence-electron chi connectivity index (χ2n) is 3.67. The van der Waals surface area contributed by atoms with Gasteiger partial charge in [-0.15, -0.1) is 0 Å². The zero-order valence-corrected chi connectivity index (χ0v) is 11.9. The van der Waals surface area contributed by atoms with Crippen molar-refractivity contribution in [2.75, 3.05) is 4.72 Å². The second-order valence-corrected chi connectivity index (χ2v) is 6.12. The molecule has 2 aromatic rings. The van der Waals surface area contributed by atoms with Gasteiger partial charge in [0.1, 0.15) is 21.7 Å². The molecule has 1 heterocycles. The number of pyridine rings is 1. The van der Waals surface area contributed by atoms with Gasteiger partial charge in [-0.2, -0.15) is 0 Å². The topological polar surface area (TPSA) is 59.1 Å². The fourth-order valence-corrected chi connectivity index (χ4v) is 2.70. The molecule has 1 aromatic carbocycles. The number of hydrogen-bond acceptors (Lipinski definition) is 3. The summed E-state index contributed by atoms with van der Waals surface area (Å²) in [6.45, 7) is 0. The molecule has 0 unspecified atom stereocenters. The molecule has 0 aliphatic rings. The van der Waals surface area contributed by atoms with E-state index in [1.807, 2.05) is 4.72 Å². The monoisotopic (exact) mass is 338 g/mol. The molecule has 0 fully saturated rings. The molecule has 1 N–H and O–H groups in total. The third-order valence-corrected chi connectivity index (χ3v) is 4.28. The van der Waals surface area contributed by atoms with Crippen molar-refractivity contribution >= 4 is 38.9 Å². The Morgan fingerprint density at radius 2 is 1.85 bits per heavy atom. The predicted molar refractivity (Wildman–Crippen MR) is 71.4 cm³/mol. The highest BCUT2D eigenvalue weighted by Gasteiger charge is 2.18. The summed E-state index contributed by atoms with van der Waals surface area (Å²) < 4.78 is 52.1. The highest BCUT2D eigenvalue weighted by molar-refractivity contribution is 7.92. The van der Waals surface area contributed by atoms with Crippen molar-refractivity contribution in [3.63, 3.8) is 0 Å². The van der Waals surface area contributed by atoms with E-state index in [0.29, 0.717) is 6.07 Å². The van der Waals surface area contributed by atoms with Crippen molar-refractivity contribution in [3.8, 4) is 0 Å². The van der Waals surface area contributed by atoms with Gasteiger partial charge in [-0.1, -0.05) is 23.2 Å². The van der Waals surface area contributed by atoms with Crippen LogP contribution < -0.4 is 4.72 Å². The highest BCUT2D eigenvalue weighted by Crippen LogP contribution is 2.24. The SMILES string of the molecule is O=S(=O)(Nc1ccc(F)cc1F)c1cnc(Cl)c(Cl)c1. The van der Waals surface area contributed by atoms with Crippen molar-refractivity contribution < 1.29 is 17.2 Å². The summed E-state index contributed by atoms with van der Waals surface area (Å²) in [4.78, 5) is 3.29. The van der Waals surface area contributed by atoms with Crippen LogP contribution in [0, 0.1) is 11.6 Å². The molecule has 9 heteroatoms. The highest BCUT2D eigenvalue weighted by atomic mass is 35.5. The lowest BCUT2D eigenvalue weighted by Crippen LogP contribution is -2.14. The number of halogens is 4. The number of aromatic nitrogens is 1. The lowest BCUT2D eigenvalue weighted by atomic mass is 10.3. The quantitative estimate of drug-likeness (QED) is 0.871. The third kappa shape index (κ3) is 3.17. The lowest BCUT2D eigenvalue weighted by molar-refractivity contribution is 0.582. The van der Waals surface area contributed by atoms with Crippen LogP contribution in [0.1, 0.15) is 0 Å². The lowest BCUT2D eigenvalue weighted by Gasteiger charge is -2.09. The Morgan fingerprint density at radius 3 is 2.45 bits per heavy atom. The third-order valence-electron chi connectivity index (χ3n) is 2.26. The van der Waals surface area contributed by atoms with Crippen LogP contribution in [0.15, 0.2) is 35.4 Å². The first-order valence-electron chi connectivity index (χ1n) is 5.08. The second kappa shape index (κ2) is 5.51. The smallest absolute Gasteiger partial charge is 0.263 e. The molecule has 0 saturated carbocycles. The first-order chi connectivity index (χ1) is 9.29.